The Hall–Kier alpha value is -2.46. The number of fused-ring (bicyclic) bond motifs is 1. The van der Waals surface area contributed by atoms with Crippen molar-refractivity contribution in [2.24, 2.45) is 0 Å². The second kappa shape index (κ2) is 10.4. The first-order valence-electron chi connectivity index (χ1n) is 9.59. The van der Waals surface area contributed by atoms with E-state index in [-0.39, 0.29) is 18.2 Å². The summed E-state index contributed by atoms with van der Waals surface area (Å²) in [6.45, 7) is 2.42. The van der Waals surface area contributed by atoms with Crippen LogP contribution in [-0.2, 0) is 13.1 Å². The fourth-order valence-corrected chi connectivity index (χ4v) is 4.45. The maximum atomic E-state index is 12.9. The molecule has 29 heavy (non-hydrogen) atoms. The monoisotopic (exact) mass is 421 g/mol. The van der Waals surface area contributed by atoms with E-state index in [1.165, 1.54) is 15.8 Å². The van der Waals surface area contributed by atoms with Crippen LogP contribution in [0.4, 0.5) is 0 Å². The molecule has 0 amide bonds. The highest BCUT2D eigenvalue weighted by atomic mass is 35.5. The summed E-state index contributed by atoms with van der Waals surface area (Å²) in [5, 5.41) is 3.08. The van der Waals surface area contributed by atoms with Gasteiger partial charge in [-0.15, -0.1) is 23.7 Å². The molecule has 1 aromatic heterocycles. The highest BCUT2D eigenvalue weighted by molar-refractivity contribution is 7.17. The van der Waals surface area contributed by atoms with E-state index in [0.29, 0.717) is 6.42 Å². The van der Waals surface area contributed by atoms with Crippen molar-refractivity contribution in [1.82, 2.24) is 4.90 Å². The van der Waals surface area contributed by atoms with Gasteiger partial charge in [0.05, 0.1) is 0 Å². The molecule has 4 rings (SSSR count). The fourth-order valence-electron chi connectivity index (χ4n) is 3.49. The lowest BCUT2D eigenvalue weighted by atomic mass is 10.1. The molecule has 0 unspecified atom stereocenters. The number of benzene rings is 3. The highest BCUT2D eigenvalue weighted by Crippen LogP contribution is 2.26. The summed E-state index contributed by atoms with van der Waals surface area (Å²) in [5.41, 5.74) is 3.40. The third-order valence-corrected chi connectivity index (χ3v) is 5.90. The van der Waals surface area contributed by atoms with Gasteiger partial charge in [-0.05, 0) is 17.2 Å². The standard InChI is InChI=1S/C25H23NOS.ClH/c27-24(23-19-28-25-14-8-7-13-22(23)25)15-16-26(17-20-9-3-1-4-10-20)18-21-11-5-2-6-12-21;/h1-14,19H,15-18H2;1H. The van der Waals surface area contributed by atoms with Crippen molar-refractivity contribution >= 4 is 39.6 Å². The van der Waals surface area contributed by atoms with E-state index in [1.54, 1.807) is 11.3 Å². The van der Waals surface area contributed by atoms with Crippen LogP contribution in [0.15, 0.2) is 90.3 Å². The summed E-state index contributed by atoms with van der Waals surface area (Å²) in [7, 11) is 0. The number of ketones is 1. The van der Waals surface area contributed by atoms with Crippen LogP contribution in [0.5, 0.6) is 0 Å². The molecule has 0 aliphatic rings. The second-order valence-corrected chi connectivity index (χ2v) is 7.91. The zero-order chi connectivity index (χ0) is 19.2. The van der Waals surface area contributed by atoms with Crippen molar-refractivity contribution in [2.75, 3.05) is 6.54 Å². The fraction of sp³-hybridized carbons (Fsp3) is 0.160. The summed E-state index contributed by atoms with van der Waals surface area (Å²) in [6, 6.07) is 29.1. The number of thiophene rings is 1. The van der Waals surface area contributed by atoms with E-state index in [2.05, 4.69) is 59.5 Å². The van der Waals surface area contributed by atoms with Crippen LogP contribution in [0.1, 0.15) is 27.9 Å². The van der Waals surface area contributed by atoms with Gasteiger partial charge in [0.2, 0.25) is 0 Å². The van der Waals surface area contributed by atoms with Crippen LogP contribution in [0, 0.1) is 0 Å². The quantitative estimate of drug-likeness (QED) is 0.299. The first-order chi connectivity index (χ1) is 13.8. The molecule has 0 saturated heterocycles. The average molecular weight is 422 g/mol. The van der Waals surface area contributed by atoms with Gasteiger partial charge in [-0.25, -0.2) is 0 Å². The van der Waals surface area contributed by atoms with Crippen molar-refractivity contribution in [2.45, 2.75) is 19.5 Å². The lowest BCUT2D eigenvalue weighted by Gasteiger charge is -2.22. The minimum absolute atomic E-state index is 0. The third kappa shape index (κ3) is 5.54. The largest absolute Gasteiger partial charge is 0.294 e. The Morgan fingerprint density at radius 2 is 1.31 bits per heavy atom. The normalized spacial score (nSPS) is 10.8. The maximum Gasteiger partial charge on any atom is 0.165 e. The lowest BCUT2D eigenvalue weighted by molar-refractivity contribution is 0.0962. The molecule has 0 N–H and O–H groups in total. The average Bonchev–Trinajstić information content (AvgIpc) is 3.18. The summed E-state index contributed by atoms with van der Waals surface area (Å²) in [6.07, 6.45) is 0.528. The van der Waals surface area contributed by atoms with Crippen molar-refractivity contribution in [3.05, 3.63) is 107 Å². The van der Waals surface area contributed by atoms with Crippen molar-refractivity contribution in [3.63, 3.8) is 0 Å². The van der Waals surface area contributed by atoms with E-state index in [4.69, 9.17) is 0 Å². The molecule has 0 bridgehead atoms. The highest BCUT2D eigenvalue weighted by Gasteiger charge is 2.14. The number of hydrogen-bond acceptors (Lipinski definition) is 3. The predicted molar refractivity (Wildman–Crippen MR) is 125 cm³/mol. The van der Waals surface area contributed by atoms with Crippen molar-refractivity contribution in [3.8, 4) is 0 Å². The van der Waals surface area contributed by atoms with Gasteiger partial charge >= 0.3 is 0 Å². The number of halogens is 1. The van der Waals surface area contributed by atoms with Gasteiger partial charge in [0.15, 0.2) is 5.78 Å². The predicted octanol–water partition coefficient (Wildman–Crippen LogP) is 6.60. The van der Waals surface area contributed by atoms with Crippen LogP contribution < -0.4 is 0 Å². The van der Waals surface area contributed by atoms with Crippen LogP contribution in [0.2, 0.25) is 0 Å². The van der Waals surface area contributed by atoms with Gasteiger partial charge in [0.1, 0.15) is 0 Å². The van der Waals surface area contributed by atoms with E-state index in [9.17, 15) is 4.79 Å². The first kappa shape index (κ1) is 21.3. The molecule has 0 saturated carbocycles. The number of carbonyl (C=O) groups excluding carboxylic acids is 1. The van der Waals surface area contributed by atoms with E-state index in [0.717, 1.165) is 30.6 Å². The van der Waals surface area contributed by atoms with Crippen molar-refractivity contribution in [1.29, 1.82) is 0 Å². The Kier molecular flexibility index (Phi) is 7.59. The summed E-state index contributed by atoms with van der Waals surface area (Å²) in [4.78, 5) is 15.3. The lowest BCUT2D eigenvalue weighted by Crippen LogP contribution is -2.25. The van der Waals surface area contributed by atoms with Gasteiger partial charge in [-0.2, -0.15) is 0 Å². The van der Waals surface area contributed by atoms with Crippen molar-refractivity contribution < 1.29 is 4.79 Å². The van der Waals surface area contributed by atoms with E-state index in [1.807, 2.05) is 35.7 Å². The Morgan fingerprint density at radius 1 is 0.759 bits per heavy atom. The molecule has 0 fully saturated rings. The molecular formula is C25H24ClNOS. The SMILES string of the molecule is Cl.O=C(CCN(Cc1ccccc1)Cc1ccccc1)c1csc2ccccc12. The van der Waals surface area contributed by atoms with Gasteiger partial charge in [0, 0.05) is 47.1 Å². The molecule has 4 heteroatoms. The topological polar surface area (TPSA) is 20.3 Å². The minimum atomic E-state index is 0. The minimum Gasteiger partial charge on any atom is -0.294 e. The number of Topliss-reactive ketones (excluding diaryl/α,β-unsaturated/α-hetero) is 1. The molecule has 0 atom stereocenters. The Morgan fingerprint density at radius 3 is 1.93 bits per heavy atom. The summed E-state index contributed by atoms with van der Waals surface area (Å²) in [5.74, 6) is 0.226. The molecular weight excluding hydrogens is 398 g/mol. The van der Waals surface area contributed by atoms with E-state index < -0.39 is 0 Å². The smallest absolute Gasteiger partial charge is 0.165 e. The molecule has 0 aliphatic heterocycles. The summed E-state index contributed by atoms with van der Waals surface area (Å²) < 4.78 is 1.18. The molecule has 4 aromatic rings. The number of nitrogens with zero attached hydrogens (tertiary/aromatic N) is 1. The Balaban J connectivity index is 0.00000240. The van der Waals surface area contributed by atoms with Gasteiger partial charge in [-0.1, -0.05) is 78.9 Å². The summed E-state index contributed by atoms with van der Waals surface area (Å²) >= 11 is 1.65. The molecule has 0 aliphatic carbocycles. The maximum absolute atomic E-state index is 12.9. The van der Waals surface area contributed by atoms with Crippen LogP contribution in [0.25, 0.3) is 10.1 Å². The molecule has 2 nitrogen and oxygen atoms in total. The zero-order valence-electron chi connectivity index (χ0n) is 16.2. The zero-order valence-corrected chi connectivity index (χ0v) is 17.8. The third-order valence-electron chi connectivity index (χ3n) is 4.93. The molecule has 0 spiro atoms. The number of hydrogen-bond donors (Lipinski definition) is 0. The van der Waals surface area contributed by atoms with Crippen LogP contribution in [-0.4, -0.2) is 17.2 Å². The van der Waals surface area contributed by atoms with Crippen LogP contribution >= 0.6 is 23.7 Å². The van der Waals surface area contributed by atoms with Gasteiger partial charge in [-0.3, -0.25) is 9.69 Å². The molecule has 1 heterocycles. The van der Waals surface area contributed by atoms with E-state index >= 15 is 0 Å². The van der Waals surface area contributed by atoms with Gasteiger partial charge in [0.25, 0.3) is 0 Å². The number of carbonyl (C=O) groups is 1. The molecule has 148 valence electrons. The van der Waals surface area contributed by atoms with Gasteiger partial charge < -0.3 is 0 Å². The second-order valence-electron chi connectivity index (χ2n) is 7.00. The molecule has 3 aromatic carbocycles. The molecule has 0 radical (unpaired) electrons. The van der Waals surface area contributed by atoms with Crippen LogP contribution in [0.3, 0.4) is 0 Å². The Bertz CT molecular complexity index is 1000. The Labute approximate surface area is 182 Å². The first-order valence-corrected chi connectivity index (χ1v) is 10.5. The number of rotatable bonds is 8.